The highest BCUT2D eigenvalue weighted by atomic mass is 32.1. The average molecular weight is 281 g/mol. The number of carbonyl (C=O) groups excluding carboxylic acids is 1. The van der Waals surface area contributed by atoms with Gasteiger partial charge in [0.2, 0.25) is 11.0 Å². The summed E-state index contributed by atoms with van der Waals surface area (Å²) < 4.78 is 10.8. The number of nitrogens with one attached hydrogen (secondary N) is 1. The minimum absolute atomic E-state index is 0.0454. The van der Waals surface area contributed by atoms with Crippen molar-refractivity contribution < 1.29 is 14.3 Å². The van der Waals surface area contributed by atoms with E-state index in [1.165, 1.54) is 11.3 Å². The number of hydrogen-bond acceptors (Lipinski definition) is 6. The van der Waals surface area contributed by atoms with Crippen molar-refractivity contribution >= 4 is 22.4 Å². The van der Waals surface area contributed by atoms with Gasteiger partial charge in [0.25, 0.3) is 0 Å². The predicted molar refractivity (Wildman–Crippen MR) is 69.8 cm³/mol. The molecule has 2 bridgehead atoms. The molecule has 0 saturated carbocycles. The molecule has 1 fully saturated rings. The van der Waals surface area contributed by atoms with Crippen LogP contribution in [0.1, 0.15) is 18.4 Å². The number of ether oxygens (including phenoxy) is 2. The van der Waals surface area contributed by atoms with Crippen molar-refractivity contribution in [1.29, 1.82) is 0 Å². The number of rotatable bonds is 5. The van der Waals surface area contributed by atoms with Gasteiger partial charge in [0.1, 0.15) is 11.6 Å². The van der Waals surface area contributed by atoms with Crippen LogP contribution in [0.4, 0.5) is 5.13 Å². The van der Waals surface area contributed by atoms with Gasteiger partial charge in [-0.1, -0.05) is 23.5 Å². The zero-order chi connectivity index (χ0) is 13.2. The van der Waals surface area contributed by atoms with Crippen LogP contribution in [0.15, 0.2) is 12.2 Å². The van der Waals surface area contributed by atoms with E-state index in [9.17, 15) is 4.79 Å². The molecule has 3 atom stereocenters. The van der Waals surface area contributed by atoms with Gasteiger partial charge in [0.15, 0.2) is 0 Å². The van der Waals surface area contributed by atoms with Gasteiger partial charge in [-0.15, -0.1) is 10.2 Å². The van der Waals surface area contributed by atoms with Crippen LogP contribution in [0, 0.1) is 5.92 Å². The van der Waals surface area contributed by atoms with E-state index < -0.39 is 0 Å². The second-order valence-corrected chi connectivity index (χ2v) is 5.56. The van der Waals surface area contributed by atoms with Crippen LogP contribution >= 0.6 is 11.3 Å². The Kier molecular flexibility index (Phi) is 3.58. The highest BCUT2D eigenvalue weighted by molar-refractivity contribution is 7.15. The van der Waals surface area contributed by atoms with E-state index in [1.807, 2.05) is 19.1 Å². The SMILES string of the molecule is CCOCc1nnc(NC(=O)C2CC3C=CC2O3)s1. The first kappa shape index (κ1) is 12.7. The smallest absolute Gasteiger partial charge is 0.232 e. The molecule has 2 aliphatic heterocycles. The first-order valence-corrected chi connectivity index (χ1v) is 7.12. The van der Waals surface area contributed by atoms with Crippen molar-refractivity contribution in [3.8, 4) is 0 Å². The maximum Gasteiger partial charge on any atom is 0.232 e. The minimum Gasteiger partial charge on any atom is -0.374 e. The Morgan fingerprint density at radius 2 is 2.47 bits per heavy atom. The van der Waals surface area contributed by atoms with E-state index in [0.717, 1.165) is 11.4 Å². The Morgan fingerprint density at radius 3 is 3.16 bits per heavy atom. The fourth-order valence-electron chi connectivity index (χ4n) is 2.28. The molecule has 1 amide bonds. The first-order chi connectivity index (χ1) is 9.26. The van der Waals surface area contributed by atoms with Crippen LogP contribution in [-0.4, -0.2) is 34.9 Å². The van der Waals surface area contributed by atoms with Crippen molar-refractivity contribution in [2.45, 2.75) is 32.2 Å². The molecular formula is C12H15N3O3S. The average Bonchev–Trinajstić information content (AvgIpc) is 3.12. The Balaban J connectivity index is 1.57. The van der Waals surface area contributed by atoms with E-state index in [4.69, 9.17) is 9.47 Å². The summed E-state index contributed by atoms with van der Waals surface area (Å²) in [5, 5.41) is 12.0. The van der Waals surface area contributed by atoms with Gasteiger partial charge in [-0.2, -0.15) is 0 Å². The highest BCUT2D eigenvalue weighted by Crippen LogP contribution is 2.34. The predicted octanol–water partition coefficient (Wildman–Crippen LogP) is 1.36. The lowest BCUT2D eigenvalue weighted by Crippen LogP contribution is -2.28. The van der Waals surface area contributed by atoms with Crippen LogP contribution in [0.2, 0.25) is 0 Å². The lowest BCUT2D eigenvalue weighted by molar-refractivity contribution is -0.120. The van der Waals surface area contributed by atoms with E-state index in [-0.39, 0.29) is 24.0 Å². The molecule has 6 nitrogen and oxygen atoms in total. The van der Waals surface area contributed by atoms with Crippen molar-refractivity contribution in [3.05, 3.63) is 17.2 Å². The van der Waals surface area contributed by atoms with Crippen LogP contribution in [0.3, 0.4) is 0 Å². The molecule has 0 spiro atoms. The van der Waals surface area contributed by atoms with Crippen molar-refractivity contribution in [2.75, 3.05) is 11.9 Å². The summed E-state index contributed by atoms with van der Waals surface area (Å²) >= 11 is 1.34. The Labute approximate surface area is 114 Å². The van der Waals surface area contributed by atoms with Crippen molar-refractivity contribution in [2.24, 2.45) is 5.92 Å². The summed E-state index contributed by atoms with van der Waals surface area (Å²) in [5.74, 6) is -0.162. The molecule has 2 aliphatic rings. The van der Waals surface area contributed by atoms with Crippen LogP contribution in [-0.2, 0) is 20.9 Å². The van der Waals surface area contributed by atoms with Gasteiger partial charge < -0.3 is 14.8 Å². The molecule has 1 aromatic heterocycles. The highest BCUT2D eigenvalue weighted by Gasteiger charge is 2.41. The molecular weight excluding hydrogens is 266 g/mol. The molecule has 19 heavy (non-hydrogen) atoms. The van der Waals surface area contributed by atoms with Gasteiger partial charge in [0, 0.05) is 6.61 Å². The number of nitrogens with zero attached hydrogens (tertiary/aromatic N) is 2. The quantitative estimate of drug-likeness (QED) is 0.825. The molecule has 0 aromatic carbocycles. The molecule has 1 saturated heterocycles. The van der Waals surface area contributed by atoms with Crippen LogP contribution in [0.25, 0.3) is 0 Å². The summed E-state index contributed by atoms with van der Waals surface area (Å²) in [5.41, 5.74) is 0. The molecule has 3 rings (SSSR count). The Morgan fingerprint density at radius 1 is 1.58 bits per heavy atom. The summed E-state index contributed by atoms with van der Waals surface area (Å²) in [6, 6.07) is 0. The largest absolute Gasteiger partial charge is 0.374 e. The molecule has 0 radical (unpaired) electrons. The number of amides is 1. The molecule has 0 aliphatic carbocycles. The minimum atomic E-state index is -0.116. The van der Waals surface area contributed by atoms with Gasteiger partial charge in [-0.3, -0.25) is 4.79 Å². The lowest BCUT2D eigenvalue weighted by atomic mass is 9.94. The third kappa shape index (κ3) is 2.68. The van der Waals surface area contributed by atoms with E-state index in [1.54, 1.807) is 0 Å². The second-order valence-electron chi connectivity index (χ2n) is 4.49. The maximum atomic E-state index is 12.1. The number of anilines is 1. The summed E-state index contributed by atoms with van der Waals surface area (Å²) in [7, 11) is 0. The van der Waals surface area contributed by atoms with Crippen LogP contribution in [0.5, 0.6) is 0 Å². The van der Waals surface area contributed by atoms with E-state index >= 15 is 0 Å². The van der Waals surface area contributed by atoms with Crippen molar-refractivity contribution in [1.82, 2.24) is 10.2 Å². The fourth-order valence-corrected chi connectivity index (χ4v) is 2.96. The third-order valence-electron chi connectivity index (χ3n) is 3.19. The van der Waals surface area contributed by atoms with E-state index in [0.29, 0.717) is 18.3 Å². The number of aromatic nitrogens is 2. The molecule has 1 aromatic rings. The molecule has 3 heterocycles. The fraction of sp³-hybridized carbons (Fsp3) is 0.583. The topological polar surface area (TPSA) is 73.3 Å². The monoisotopic (exact) mass is 281 g/mol. The zero-order valence-electron chi connectivity index (χ0n) is 10.5. The van der Waals surface area contributed by atoms with Crippen LogP contribution < -0.4 is 5.32 Å². The zero-order valence-corrected chi connectivity index (χ0v) is 11.4. The lowest BCUT2D eigenvalue weighted by Gasteiger charge is -2.13. The Bertz CT molecular complexity index is 502. The summed E-state index contributed by atoms with van der Waals surface area (Å²) in [6.45, 7) is 2.99. The number of fused-ring (bicyclic) bond motifs is 2. The van der Waals surface area contributed by atoms with Gasteiger partial charge in [-0.25, -0.2) is 0 Å². The van der Waals surface area contributed by atoms with Gasteiger partial charge >= 0.3 is 0 Å². The number of hydrogen-bond donors (Lipinski definition) is 1. The number of carbonyl (C=O) groups is 1. The van der Waals surface area contributed by atoms with Crippen molar-refractivity contribution in [3.63, 3.8) is 0 Å². The maximum absolute atomic E-state index is 12.1. The standard InChI is InChI=1S/C12H15N3O3S/c1-2-17-6-10-14-15-12(19-10)13-11(16)8-5-7-3-4-9(8)18-7/h3-4,7-9H,2,5-6H2,1H3,(H,13,15,16). The first-order valence-electron chi connectivity index (χ1n) is 6.31. The summed E-state index contributed by atoms with van der Waals surface area (Å²) in [4.78, 5) is 12.1. The molecule has 1 N–H and O–H groups in total. The molecule has 102 valence electrons. The molecule has 7 heteroatoms. The second kappa shape index (κ2) is 5.36. The Hall–Kier alpha value is -1.31. The van der Waals surface area contributed by atoms with Gasteiger partial charge in [0.05, 0.1) is 18.1 Å². The van der Waals surface area contributed by atoms with E-state index in [2.05, 4.69) is 15.5 Å². The normalized spacial score (nSPS) is 27.9. The van der Waals surface area contributed by atoms with Gasteiger partial charge in [-0.05, 0) is 13.3 Å². The summed E-state index contributed by atoms with van der Waals surface area (Å²) in [6.07, 6.45) is 4.74. The molecule has 3 unspecified atom stereocenters. The third-order valence-corrected chi connectivity index (χ3v) is 4.01.